The lowest BCUT2D eigenvalue weighted by Crippen LogP contribution is -2.30. The summed E-state index contributed by atoms with van der Waals surface area (Å²) in [7, 11) is 1.36. The van der Waals surface area contributed by atoms with Crippen LogP contribution in [0.2, 0.25) is 0 Å². The first-order valence-electron chi connectivity index (χ1n) is 8.02. The van der Waals surface area contributed by atoms with Crippen molar-refractivity contribution in [3.8, 4) is 0 Å². The number of rotatable bonds is 8. The van der Waals surface area contributed by atoms with Crippen LogP contribution in [0.25, 0.3) is 0 Å². The molecule has 1 heterocycles. The number of anilines is 1. The van der Waals surface area contributed by atoms with Crippen LogP contribution in [0.15, 0.2) is 30.3 Å². The topological polar surface area (TPSA) is 107 Å². The van der Waals surface area contributed by atoms with Gasteiger partial charge in [-0.25, -0.2) is 0 Å². The molecular formula is C17H22N4O3S. The molecule has 2 aromatic rings. The second-order valence-corrected chi connectivity index (χ2v) is 6.71. The van der Waals surface area contributed by atoms with Crippen molar-refractivity contribution in [3.63, 3.8) is 0 Å². The molecule has 8 heteroatoms. The Morgan fingerprint density at radius 2 is 2.00 bits per heavy atom. The van der Waals surface area contributed by atoms with Gasteiger partial charge in [-0.15, -0.1) is 10.2 Å². The SMILES string of the molecule is COC(=O)CCCc1nnc(NC(=O)C(C)C(N)c2ccccc2)s1. The first kappa shape index (κ1) is 19.0. The third kappa shape index (κ3) is 5.61. The number of hydrogen-bond donors (Lipinski definition) is 2. The van der Waals surface area contributed by atoms with Crippen LogP contribution in [0.1, 0.15) is 36.4 Å². The molecule has 2 rings (SSSR count). The highest BCUT2D eigenvalue weighted by atomic mass is 32.1. The van der Waals surface area contributed by atoms with Gasteiger partial charge in [-0.2, -0.15) is 0 Å². The molecule has 0 spiro atoms. The fourth-order valence-electron chi connectivity index (χ4n) is 2.24. The van der Waals surface area contributed by atoms with Gasteiger partial charge in [-0.1, -0.05) is 48.6 Å². The first-order valence-corrected chi connectivity index (χ1v) is 8.83. The van der Waals surface area contributed by atoms with Gasteiger partial charge in [-0.3, -0.25) is 9.59 Å². The lowest BCUT2D eigenvalue weighted by Gasteiger charge is -2.18. The van der Waals surface area contributed by atoms with Crippen LogP contribution < -0.4 is 11.1 Å². The van der Waals surface area contributed by atoms with Crippen LogP contribution in [0.3, 0.4) is 0 Å². The normalized spacial score (nSPS) is 13.1. The molecule has 2 atom stereocenters. The van der Waals surface area contributed by atoms with Gasteiger partial charge < -0.3 is 15.8 Å². The molecule has 0 aliphatic carbocycles. The summed E-state index contributed by atoms with van der Waals surface area (Å²) in [6.45, 7) is 1.78. The van der Waals surface area contributed by atoms with Crippen molar-refractivity contribution in [2.45, 2.75) is 32.2 Å². The van der Waals surface area contributed by atoms with E-state index in [-0.39, 0.29) is 11.9 Å². The van der Waals surface area contributed by atoms with Gasteiger partial charge in [0.15, 0.2) is 0 Å². The summed E-state index contributed by atoms with van der Waals surface area (Å²) in [6, 6.07) is 9.10. The van der Waals surface area contributed by atoms with E-state index in [9.17, 15) is 9.59 Å². The lowest BCUT2D eigenvalue weighted by molar-refractivity contribution is -0.140. The molecular weight excluding hydrogens is 340 g/mol. The van der Waals surface area contributed by atoms with E-state index in [1.165, 1.54) is 18.4 Å². The van der Waals surface area contributed by atoms with Crippen molar-refractivity contribution in [1.29, 1.82) is 0 Å². The quantitative estimate of drug-likeness (QED) is 0.698. The zero-order valence-corrected chi connectivity index (χ0v) is 15.1. The van der Waals surface area contributed by atoms with E-state index < -0.39 is 12.0 Å². The Labute approximate surface area is 150 Å². The minimum Gasteiger partial charge on any atom is -0.469 e. The summed E-state index contributed by atoms with van der Waals surface area (Å²) in [5, 5.41) is 11.9. The Morgan fingerprint density at radius 1 is 1.28 bits per heavy atom. The Bertz CT molecular complexity index is 705. The van der Waals surface area contributed by atoms with Crippen LogP contribution in [-0.4, -0.2) is 29.2 Å². The minimum atomic E-state index is -0.408. The summed E-state index contributed by atoms with van der Waals surface area (Å²) in [4.78, 5) is 23.5. The molecule has 0 aliphatic heterocycles. The van der Waals surface area contributed by atoms with Crippen molar-refractivity contribution in [2.24, 2.45) is 11.7 Å². The van der Waals surface area contributed by atoms with Gasteiger partial charge in [0.2, 0.25) is 11.0 Å². The number of nitrogens with two attached hydrogens (primary N) is 1. The fourth-order valence-corrected chi connectivity index (χ4v) is 3.02. The lowest BCUT2D eigenvalue weighted by atomic mass is 9.95. The van der Waals surface area contributed by atoms with E-state index >= 15 is 0 Å². The predicted molar refractivity (Wildman–Crippen MR) is 96.0 cm³/mol. The highest BCUT2D eigenvalue weighted by molar-refractivity contribution is 7.15. The molecule has 0 radical (unpaired) electrons. The molecule has 25 heavy (non-hydrogen) atoms. The average molecular weight is 362 g/mol. The van der Waals surface area contributed by atoms with Crippen molar-refractivity contribution in [2.75, 3.05) is 12.4 Å². The van der Waals surface area contributed by atoms with Crippen molar-refractivity contribution in [3.05, 3.63) is 40.9 Å². The Kier molecular flexibility index (Phi) is 7.03. The van der Waals surface area contributed by atoms with Gasteiger partial charge in [0, 0.05) is 18.9 Å². The standard InChI is InChI=1S/C17H22N4O3S/c1-11(15(18)12-7-4-3-5-8-12)16(23)19-17-21-20-13(25-17)9-6-10-14(22)24-2/h3-5,7-8,11,15H,6,9-10,18H2,1-2H3,(H,19,21,23). The number of hydrogen-bond acceptors (Lipinski definition) is 7. The molecule has 3 N–H and O–H groups in total. The van der Waals surface area contributed by atoms with Crippen molar-refractivity contribution in [1.82, 2.24) is 10.2 Å². The van der Waals surface area contributed by atoms with Crippen LogP contribution in [0, 0.1) is 5.92 Å². The van der Waals surface area contributed by atoms with E-state index in [0.717, 1.165) is 10.6 Å². The van der Waals surface area contributed by atoms with Gasteiger partial charge in [0.05, 0.1) is 13.0 Å². The van der Waals surface area contributed by atoms with E-state index in [0.29, 0.717) is 24.4 Å². The van der Waals surface area contributed by atoms with E-state index in [1.54, 1.807) is 6.92 Å². The number of carbonyl (C=O) groups excluding carboxylic acids is 2. The number of esters is 1. The van der Waals surface area contributed by atoms with E-state index in [1.807, 2.05) is 30.3 Å². The van der Waals surface area contributed by atoms with Gasteiger partial charge in [-0.05, 0) is 12.0 Å². The molecule has 134 valence electrons. The number of ether oxygens (including phenoxy) is 1. The fraction of sp³-hybridized carbons (Fsp3) is 0.412. The number of carbonyl (C=O) groups is 2. The molecule has 0 fully saturated rings. The monoisotopic (exact) mass is 362 g/mol. The van der Waals surface area contributed by atoms with Crippen LogP contribution in [0.4, 0.5) is 5.13 Å². The molecule has 1 amide bonds. The Hall–Kier alpha value is -2.32. The Balaban J connectivity index is 1.87. The number of aryl methyl sites for hydroxylation is 1. The Morgan fingerprint density at radius 3 is 2.68 bits per heavy atom. The maximum Gasteiger partial charge on any atom is 0.305 e. The number of benzene rings is 1. The second kappa shape index (κ2) is 9.24. The number of amides is 1. The zero-order chi connectivity index (χ0) is 18.2. The molecule has 1 aromatic carbocycles. The third-order valence-electron chi connectivity index (χ3n) is 3.83. The smallest absolute Gasteiger partial charge is 0.305 e. The molecule has 2 unspecified atom stereocenters. The van der Waals surface area contributed by atoms with Crippen LogP contribution in [-0.2, 0) is 20.7 Å². The number of nitrogens with one attached hydrogen (secondary N) is 1. The molecule has 1 aromatic heterocycles. The second-order valence-electron chi connectivity index (χ2n) is 5.65. The summed E-state index contributed by atoms with van der Waals surface area (Å²) < 4.78 is 4.59. The molecule has 0 bridgehead atoms. The van der Waals surface area contributed by atoms with Crippen LogP contribution in [0.5, 0.6) is 0 Å². The zero-order valence-electron chi connectivity index (χ0n) is 14.3. The largest absolute Gasteiger partial charge is 0.469 e. The van der Waals surface area contributed by atoms with E-state index in [4.69, 9.17) is 5.73 Å². The average Bonchev–Trinajstić information content (AvgIpc) is 3.08. The van der Waals surface area contributed by atoms with Crippen molar-refractivity contribution < 1.29 is 14.3 Å². The number of aromatic nitrogens is 2. The first-order chi connectivity index (χ1) is 12.0. The number of methoxy groups -OCH3 is 1. The third-order valence-corrected chi connectivity index (χ3v) is 4.73. The highest BCUT2D eigenvalue weighted by Gasteiger charge is 2.23. The van der Waals surface area contributed by atoms with Crippen LogP contribution >= 0.6 is 11.3 Å². The molecule has 0 saturated heterocycles. The van der Waals surface area contributed by atoms with Gasteiger partial charge in [0.1, 0.15) is 5.01 Å². The molecule has 0 aliphatic rings. The number of nitrogens with zero attached hydrogens (tertiary/aromatic N) is 2. The molecule has 7 nitrogen and oxygen atoms in total. The summed E-state index contributed by atoms with van der Waals surface area (Å²) >= 11 is 1.30. The minimum absolute atomic E-state index is 0.200. The summed E-state index contributed by atoms with van der Waals surface area (Å²) in [6.07, 6.45) is 1.58. The van der Waals surface area contributed by atoms with Crippen molar-refractivity contribution >= 4 is 28.3 Å². The van der Waals surface area contributed by atoms with Gasteiger partial charge >= 0.3 is 5.97 Å². The van der Waals surface area contributed by atoms with E-state index in [2.05, 4.69) is 20.3 Å². The summed E-state index contributed by atoms with van der Waals surface area (Å²) in [5.41, 5.74) is 7.08. The maximum atomic E-state index is 12.4. The molecule has 0 saturated carbocycles. The predicted octanol–water partition coefficient (Wildman–Crippen LogP) is 2.31. The van der Waals surface area contributed by atoms with Gasteiger partial charge in [0.25, 0.3) is 0 Å². The highest BCUT2D eigenvalue weighted by Crippen LogP contribution is 2.22. The summed E-state index contributed by atoms with van der Waals surface area (Å²) in [5.74, 6) is -0.857. The maximum absolute atomic E-state index is 12.4.